The van der Waals surface area contributed by atoms with Crippen molar-refractivity contribution in [3.63, 3.8) is 0 Å². The van der Waals surface area contributed by atoms with E-state index in [1.165, 1.54) is 23.9 Å². The lowest BCUT2D eigenvalue weighted by Crippen LogP contribution is -2.23. The molecule has 0 saturated carbocycles. The van der Waals surface area contributed by atoms with Gasteiger partial charge in [-0.2, -0.15) is 0 Å². The lowest BCUT2D eigenvalue weighted by atomic mass is 10.1. The Morgan fingerprint density at radius 1 is 1.20 bits per heavy atom. The number of benzene rings is 2. The van der Waals surface area contributed by atoms with Crippen LogP contribution < -0.4 is 10.6 Å². The van der Waals surface area contributed by atoms with Crippen LogP contribution in [0.1, 0.15) is 11.6 Å². The van der Waals surface area contributed by atoms with Crippen LogP contribution in [-0.2, 0) is 4.79 Å². The van der Waals surface area contributed by atoms with Gasteiger partial charge in [-0.25, -0.2) is 4.39 Å². The summed E-state index contributed by atoms with van der Waals surface area (Å²) in [6.07, 6.45) is 0. The molecule has 3 nitrogen and oxygen atoms in total. The Morgan fingerprint density at radius 3 is 2.75 bits per heavy atom. The molecule has 1 aliphatic rings. The van der Waals surface area contributed by atoms with Crippen LogP contribution in [0.25, 0.3) is 0 Å². The molecule has 0 aromatic heterocycles. The maximum atomic E-state index is 13.2. The van der Waals surface area contributed by atoms with Crippen molar-refractivity contribution in [2.45, 2.75) is 15.8 Å². The van der Waals surface area contributed by atoms with E-state index in [4.69, 9.17) is 0 Å². The highest BCUT2D eigenvalue weighted by atomic mass is 32.2. The third-order valence-corrected chi connectivity index (χ3v) is 4.16. The molecule has 2 aromatic carbocycles. The van der Waals surface area contributed by atoms with Crippen molar-refractivity contribution in [3.05, 3.63) is 53.8 Å². The van der Waals surface area contributed by atoms with E-state index in [1.807, 2.05) is 24.3 Å². The summed E-state index contributed by atoms with van der Waals surface area (Å²) in [5.74, 6) is -0.296. The first-order valence-corrected chi connectivity index (χ1v) is 7.04. The highest BCUT2D eigenvalue weighted by Crippen LogP contribution is 2.36. The molecule has 0 spiro atoms. The zero-order valence-electron chi connectivity index (χ0n) is 10.8. The van der Waals surface area contributed by atoms with E-state index >= 15 is 0 Å². The largest absolute Gasteiger partial charge is 0.324 e. The van der Waals surface area contributed by atoms with Crippen LogP contribution >= 0.6 is 11.8 Å². The molecule has 2 aromatic rings. The van der Waals surface area contributed by atoms with Gasteiger partial charge in [0.1, 0.15) is 11.9 Å². The van der Waals surface area contributed by atoms with Crippen LogP contribution in [0.5, 0.6) is 0 Å². The number of carbonyl (C=O) groups excluding carboxylic acids is 1. The number of fused-ring (bicyclic) bond motifs is 1. The Balaban J connectivity index is 1.87. The topological polar surface area (TPSA) is 41.1 Å². The van der Waals surface area contributed by atoms with Crippen molar-refractivity contribution in [2.24, 2.45) is 0 Å². The van der Waals surface area contributed by atoms with Crippen molar-refractivity contribution >= 4 is 23.4 Å². The van der Waals surface area contributed by atoms with E-state index in [2.05, 4.69) is 10.6 Å². The maximum Gasteiger partial charge on any atom is 0.246 e. The van der Waals surface area contributed by atoms with Crippen molar-refractivity contribution in [3.8, 4) is 0 Å². The van der Waals surface area contributed by atoms with E-state index in [1.54, 1.807) is 13.1 Å². The maximum absolute atomic E-state index is 13.2. The van der Waals surface area contributed by atoms with Gasteiger partial charge in [0.05, 0.1) is 0 Å². The Kier molecular flexibility index (Phi) is 3.46. The Labute approximate surface area is 120 Å². The number of carbonyl (C=O) groups is 1. The van der Waals surface area contributed by atoms with Crippen LogP contribution in [0.3, 0.4) is 0 Å². The molecule has 0 radical (unpaired) electrons. The second-order valence-electron chi connectivity index (χ2n) is 4.52. The number of amides is 1. The van der Waals surface area contributed by atoms with Gasteiger partial charge in [0.15, 0.2) is 0 Å². The van der Waals surface area contributed by atoms with E-state index in [0.717, 1.165) is 21.0 Å². The monoisotopic (exact) mass is 288 g/mol. The quantitative estimate of drug-likeness (QED) is 0.911. The fourth-order valence-corrected chi connectivity index (χ4v) is 3.16. The number of nitrogens with one attached hydrogen (secondary N) is 2. The van der Waals surface area contributed by atoms with Crippen molar-refractivity contribution < 1.29 is 9.18 Å². The van der Waals surface area contributed by atoms with Crippen molar-refractivity contribution in [1.82, 2.24) is 5.32 Å². The Hall–Kier alpha value is -1.85. The summed E-state index contributed by atoms with van der Waals surface area (Å²) in [6, 6.07) is 11.9. The van der Waals surface area contributed by atoms with Crippen LogP contribution in [0.2, 0.25) is 0 Å². The molecule has 20 heavy (non-hydrogen) atoms. The lowest BCUT2D eigenvalue weighted by Gasteiger charge is -2.07. The molecular weight excluding hydrogens is 275 g/mol. The fourth-order valence-electron chi connectivity index (χ4n) is 2.26. The molecule has 0 bridgehead atoms. The highest BCUT2D eigenvalue weighted by molar-refractivity contribution is 7.99. The molecule has 1 aliphatic heterocycles. The van der Waals surface area contributed by atoms with Gasteiger partial charge >= 0.3 is 0 Å². The molecule has 102 valence electrons. The summed E-state index contributed by atoms with van der Waals surface area (Å²) in [5.41, 5.74) is 1.76. The third-order valence-electron chi connectivity index (χ3n) is 3.18. The minimum absolute atomic E-state index is 0.0459. The Morgan fingerprint density at radius 2 is 2.00 bits per heavy atom. The zero-order valence-corrected chi connectivity index (χ0v) is 11.6. The zero-order chi connectivity index (χ0) is 14.1. The van der Waals surface area contributed by atoms with Crippen molar-refractivity contribution in [2.75, 3.05) is 12.4 Å². The molecule has 3 rings (SSSR count). The molecule has 0 aliphatic carbocycles. The molecule has 1 atom stereocenters. The summed E-state index contributed by atoms with van der Waals surface area (Å²) in [5, 5.41) is 5.83. The first-order valence-electron chi connectivity index (χ1n) is 6.23. The van der Waals surface area contributed by atoms with Gasteiger partial charge < -0.3 is 10.6 Å². The van der Waals surface area contributed by atoms with Crippen molar-refractivity contribution in [1.29, 1.82) is 0 Å². The lowest BCUT2D eigenvalue weighted by molar-refractivity contribution is -0.117. The van der Waals surface area contributed by atoms with Crippen LogP contribution in [0.15, 0.2) is 52.3 Å². The van der Waals surface area contributed by atoms with E-state index < -0.39 is 0 Å². The highest BCUT2D eigenvalue weighted by Gasteiger charge is 2.28. The average molecular weight is 288 g/mol. The minimum Gasteiger partial charge on any atom is -0.324 e. The smallest absolute Gasteiger partial charge is 0.246 e. The molecule has 0 fully saturated rings. The fraction of sp³-hybridized carbons (Fsp3) is 0.133. The minimum atomic E-state index is -0.293. The van der Waals surface area contributed by atoms with Gasteiger partial charge in [0.2, 0.25) is 5.91 Å². The van der Waals surface area contributed by atoms with E-state index in [-0.39, 0.29) is 17.8 Å². The summed E-state index contributed by atoms with van der Waals surface area (Å²) >= 11 is 1.47. The number of halogens is 1. The summed E-state index contributed by atoms with van der Waals surface area (Å²) < 4.78 is 13.2. The molecule has 1 amide bonds. The van der Waals surface area contributed by atoms with Gasteiger partial charge in [-0.1, -0.05) is 23.9 Å². The summed E-state index contributed by atoms with van der Waals surface area (Å²) in [4.78, 5) is 13.5. The van der Waals surface area contributed by atoms with Crippen LogP contribution in [-0.4, -0.2) is 13.0 Å². The Bertz CT molecular complexity index is 675. The van der Waals surface area contributed by atoms with Gasteiger partial charge in [-0.05, 0) is 37.4 Å². The third kappa shape index (κ3) is 2.42. The van der Waals surface area contributed by atoms with Crippen LogP contribution in [0, 0.1) is 5.82 Å². The summed E-state index contributed by atoms with van der Waals surface area (Å²) in [7, 11) is 1.76. The van der Waals surface area contributed by atoms with Gasteiger partial charge in [-0.3, -0.25) is 4.79 Å². The second kappa shape index (κ2) is 5.26. The first kappa shape index (κ1) is 13.1. The SMILES string of the molecule is CNC1C(=O)Nc2cc(Sc3cccc(F)c3)ccc21. The number of hydrogen-bond acceptors (Lipinski definition) is 3. The predicted octanol–water partition coefficient (Wildman–Crippen LogP) is 3.19. The summed E-state index contributed by atoms with van der Waals surface area (Å²) in [6.45, 7) is 0. The number of rotatable bonds is 3. The van der Waals surface area contributed by atoms with E-state index in [0.29, 0.717) is 0 Å². The predicted molar refractivity (Wildman–Crippen MR) is 77.4 cm³/mol. The molecule has 0 saturated heterocycles. The number of likely N-dealkylation sites (N-methyl/N-ethyl adjacent to an activating group) is 1. The average Bonchev–Trinajstić information content (AvgIpc) is 2.73. The van der Waals surface area contributed by atoms with Gasteiger partial charge in [0.25, 0.3) is 0 Å². The number of hydrogen-bond donors (Lipinski definition) is 2. The van der Waals surface area contributed by atoms with Gasteiger partial charge in [-0.15, -0.1) is 0 Å². The van der Waals surface area contributed by atoms with Gasteiger partial charge in [0, 0.05) is 21.0 Å². The molecule has 1 unspecified atom stereocenters. The first-order chi connectivity index (χ1) is 9.67. The standard InChI is InChI=1S/C15H13FN2OS/c1-17-14-12-6-5-11(8-13(12)18-15(14)19)20-10-4-2-3-9(16)7-10/h2-8,14,17H,1H3,(H,18,19). The number of anilines is 1. The molecule has 1 heterocycles. The molecule has 5 heteroatoms. The van der Waals surface area contributed by atoms with Crippen LogP contribution in [0.4, 0.5) is 10.1 Å². The van der Waals surface area contributed by atoms with E-state index in [9.17, 15) is 9.18 Å². The normalized spacial score (nSPS) is 16.9. The second-order valence-corrected chi connectivity index (χ2v) is 5.67. The molecule has 2 N–H and O–H groups in total. The molecular formula is C15H13FN2OS.